The van der Waals surface area contributed by atoms with Crippen molar-refractivity contribution in [2.24, 2.45) is 11.7 Å². The summed E-state index contributed by atoms with van der Waals surface area (Å²) in [4.78, 5) is 4.19. The highest BCUT2D eigenvalue weighted by Gasteiger charge is 2.27. The maximum atomic E-state index is 12.2. The molecule has 0 atom stereocenters. The normalized spacial score (nSPS) is 18.3. The van der Waals surface area contributed by atoms with E-state index in [2.05, 4.69) is 9.71 Å². The summed E-state index contributed by atoms with van der Waals surface area (Å²) in [6, 6.07) is 3.76. The third kappa shape index (κ3) is 3.76. The SMILES string of the molecule is Cc1cccnc1CNS(=O)(=O)N1CCC(CN)CC1. The van der Waals surface area contributed by atoms with Crippen molar-refractivity contribution >= 4 is 10.2 Å². The summed E-state index contributed by atoms with van der Waals surface area (Å²) < 4.78 is 28.6. The average Bonchev–Trinajstić information content (AvgIpc) is 2.46. The molecule has 7 heteroatoms. The van der Waals surface area contributed by atoms with Gasteiger partial charge in [-0.3, -0.25) is 4.98 Å². The molecule has 1 saturated heterocycles. The standard InChI is InChI=1S/C13H22N4O2S/c1-11-3-2-6-15-13(11)10-16-20(18,19)17-7-4-12(9-14)5-8-17/h2-3,6,12,16H,4-5,7-10,14H2,1H3. The molecule has 1 aromatic heterocycles. The van der Waals surface area contributed by atoms with Crippen molar-refractivity contribution in [3.8, 4) is 0 Å². The van der Waals surface area contributed by atoms with Gasteiger partial charge in [-0.05, 0) is 43.9 Å². The lowest BCUT2D eigenvalue weighted by Crippen LogP contribution is -2.45. The van der Waals surface area contributed by atoms with Crippen LogP contribution in [0.2, 0.25) is 0 Å². The third-order valence-corrected chi connectivity index (χ3v) is 5.34. The van der Waals surface area contributed by atoms with Crippen LogP contribution in [-0.4, -0.2) is 37.3 Å². The Kier molecular flexibility index (Phi) is 5.09. The van der Waals surface area contributed by atoms with Gasteiger partial charge in [0.1, 0.15) is 0 Å². The number of nitrogens with two attached hydrogens (primary N) is 1. The average molecular weight is 298 g/mol. The van der Waals surface area contributed by atoms with E-state index in [1.807, 2.05) is 19.1 Å². The summed E-state index contributed by atoms with van der Waals surface area (Å²) >= 11 is 0. The quantitative estimate of drug-likeness (QED) is 0.823. The van der Waals surface area contributed by atoms with Gasteiger partial charge in [-0.15, -0.1) is 0 Å². The van der Waals surface area contributed by atoms with E-state index in [9.17, 15) is 8.42 Å². The van der Waals surface area contributed by atoms with Crippen molar-refractivity contribution in [2.45, 2.75) is 26.3 Å². The molecule has 6 nitrogen and oxygen atoms in total. The van der Waals surface area contributed by atoms with Gasteiger partial charge in [-0.2, -0.15) is 17.4 Å². The first-order chi connectivity index (χ1) is 9.53. The second-order valence-corrected chi connectivity index (χ2v) is 6.93. The zero-order chi connectivity index (χ0) is 14.6. The monoisotopic (exact) mass is 298 g/mol. The summed E-state index contributed by atoms with van der Waals surface area (Å²) in [6.45, 7) is 3.86. The molecule has 0 aromatic carbocycles. The Morgan fingerprint density at radius 1 is 1.45 bits per heavy atom. The number of nitrogens with zero attached hydrogens (tertiary/aromatic N) is 2. The minimum atomic E-state index is -3.43. The largest absolute Gasteiger partial charge is 0.330 e. The topological polar surface area (TPSA) is 88.3 Å². The van der Waals surface area contributed by atoms with Gasteiger partial charge < -0.3 is 5.73 Å². The molecule has 1 aromatic rings. The number of aromatic nitrogens is 1. The summed E-state index contributed by atoms with van der Waals surface area (Å²) in [7, 11) is -3.43. The van der Waals surface area contributed by atoms with Crippen LogP contribution in [-0.2, 0) is 16.8 Å². The molecule has 2 heterocycles. The van der Waals surface area contributed by atoms with Gasteiger partial charge in [0.25, 0.3) is 10.2 Å². The lowest BCUT2D eigenvalue weighted by molar-refractivity contribution is 0.275. The van der Waals surface area contributed by atoms with E-state index >= 15 is 0 Å². The zero-order valence-electron chi connectivity index (χ0n) is 11.7. The maximum absolute atomic E-state index is 12.2. The van der Waals surface area contributed by atoms with E-state index in [4.69, 9.17) is 5.73 Å². The van der Waals surface area contributed by atoms with Crippen LogP contribution in [0.5, 0.6) is 0 Å². The van der Waals surface area contributed by atoms with Crippen molar-refractivity contribution in [1.82, 2.24) is 14.0 Å². The molecule has 0 unspecified atom stereocenters. The van der Waals surface area contributed by atoms with Gasteiger partial charge in [0.05, 0.1) is 12.2 Å². The van der Waals surface area contributed by atoms with Crippen LogP contribution < -0.4 is 10.5 Å². The fourth-order valence-corrected chi connectivity index (χ4v) is 3.53. The van der Waals surface area contributed by atoms with E-state index in [1.165, 1.54) is 4.31 Å². The highest BCUT2D eigenvalue weighted by Crippen LogP contribution is 2.18. The third-order valence-electron chi connectivity index (χ3n) is 3.79. The van der Waals surface area contributed by atoms with Crippen molar-refractivity contribution in [3.05, 3.63) is 29.6 Å². The molecule has 2 rings (SSSR count). The van der Waals surface area contributed by atoms with Gasteiger partial charge in [-0.25, -0.2) is 0 Å². The van der Waals surface area contributed by atoms with E-state index in [0.29, 0.717) is 25.6 Å². The van der Waals surface area contributed by atoms with E-state index in [0.717, 1.165) is 24.1 Å². The van der Waals surface area contributed by atoms with Crippen LogP contribution in [0.15, 0.2) is 18.3 Å². The molecular formula is C13H22N4O2S. The van der Waals surface area contributed by atoms with E-state index in [-0.39, 0.29) is 6.54 Å². The molecule has 20 heavy (non-hydrogen) atoms. The highest BCUT2D eigenvalue weighted by molar-refractivity contribution is 7.87. The Labute approximate surface area is 120 Å². The molecule has 1 fully saturated rings. The molecule has 1 aliphatic rings. The summed E-state index contributed by atoms with van der Waals surface area (Å²) in [6.07, 6.45) is 3.34. The second-order valence-electron chi connectivity index (χ2n) is 5.17. The number of hydrogen-bond acceptors (Lipinski definition) is 4. The predicted molar refractivity (Wildman–Crippen MR) is 78.1 cm³/mol. The van der Waals surface area contributed by atoms with Crippen LogP contribution in [0.3, 0.4) is 0 Å². The number of rotatable bonds is 5. The molecule has 112 valence electrons. The first-order valence-corrected chi connectivity index (χ1v) is 8.32. The second kappa shape index (κ2) is 6.62. The Bertz CT molecular complexity index is 539. The number of piperidine rings is 1. The summed E-state index contributed by atoms with van der Waals surface area (Å²) in [5.74, 6) is 0.444. The number of nitrogens with one attached hydrogen (secondary N) is 1. The van der Waals surface area contributed by atoms with E-state index < -0.39 is 10.2 Å². The summed E-state index contributed by atoms with van der Waals surface area (Å²) in [5.41, 5.74) is 7.36. The fourth-order valence-electron chi connectivity index (χ4n) is 2.34. The number of pyridine rings is 1. The molecule has 0 saturated carbocycles. The van der Waals surface area contributed by atoms with Gasteiger partial charge in [0.2, 0.25) is 0 Å². The Morgan fingerprint density at radius 3 is 2.75 bits per heavy atom. The number of aryl methyl sites for hydroxylation is 1. The molecule has 0 aliphatic carbocycles. The minimum absolute atomic E-state index is 0.228. The predicted octanol–water partition coefficient (Wildman–Crippen LogP) is 0.395. The zero-order valence-corrected chi connectivity index (χ0v) is 12.6. The van der Waals surface area contributed by atoms with Gasteiger partial charge >= 0.3 is 0 Å². The molecule has 0 spiro atoms. The molecule has 0 amide bonds. The Hall–Kier alpha value is -1.02. The molecular weight excluding hydrogens is 276 g/mol. The first kappa shape index (κ1) is 15.4. The molecule has 1 aliphatic heterocycles. The van der Waals surface area contributed by atoms with Crippen molar-refractivity contribution in [3.63, 3.8) is 0 Å². The smallest absolute Gasteiger partial charge is 0.279 e. The fraction of sp³-hybridized carbons (Fsp3) is 0.615. The maximum Gasteiger partial charge on any atom is 0.279 e. The van der Waals surface area contributed by atoms with Crippen molar-refractivity contribution < 1.29 is 8.42 Å². The van der Waals surface area contributed by atoms with E-state index in [1.54, 1.807) is 6.20 Å². The van der Waals surface area contributed by atoms with Crippen LogP contribution >= 0.6 is 0 Å². The summed E-state index contributed by atoms with van der Waals surface area (Å²) in [5, 5.41) is 0. The van der Waals surface area contributed by atoms with Crippen molar-refractivity contribution in [2.75, 3.05) is 19.6 Å². The van der Waals surface area contributed by atoms with Crippen LogP contribution in [0.4, 0.5) is 0 Å². The first-order valence-electron chi connectivity index (χ1n) is 6.88. The van der Waals surface area contributed by atoms with Crippen LogP contribution in [0.25, 0.3) is 0 Å². The Morgan fingerprint density at radius 2 is 2.15 bits per heavy atom. The number of hydrogen-bond donors (Lipinski definition) is 2. The molecule has 0 radical (unpaired) electrons. The van der Waals surface area contributed by atoms with Crippen LogP contribution in [0.1, 0.15) is 24.1 Å². The van der Waals surface area contributed by atoms with Gasteiger partial charge in [0, 0.05) is 19.3 Å². The Balaban J connectivity index is 1.93. The van der Waals surface area contributed by atoms with Crippen molar-refractivity contribution in [1.29, 1.82) is 0 Å². The lowest BCUT2D eigenvalue weighted by atomic mass is 9.99. The van der Waals surface area contributed by atoms with Gasteiger partial charge in [-0.1, -0.05) is 6.07 Å². The highest BCUT2D eigenvalue weighted by atomic mass is 32.2. The van der Waals surface area contributed by atoms with Gasteiger partial charge in [0.15, 0.2) is 0 Å². The molecule has 0 bridgehead atoms. The minimum Gasteiger partial charge on any atom is -0.330 e. The molecule has 3 N–H and O–H groups in total. The van der Waals surface area contributed by atoms with Crippen LogP contribution in [0, 0.1) is 12.8 Å². The lowest BCUT2D eigenvalue weighted by Gasteiger charge is -2.30.